The lowest BCUT2D eigenvalue weighted by atomic mass is 10.1. The van der Waals surface area contributed by atoms with Gasteiger partial charge < -0.3 is 5.32 Å². The number of aromatic nitrogens is 1. The molecule has 0 bridgehead atoms. The van der Waals surface area contributed by atoms with E-state index in [0.717, 1.165) is 0 Å². The maximum atomic E-state index is 6.15. The Hall–Kier alpha value is -0.670. The molecule has 1 aromatic carbocycles. The van der Waals surface area contributed by atoms with Gasteiger partial charge in [-0.1, -0.05) is 58.5 Å². The van der Waals surface area contributed by atoms with Crippen molar-refractivity contribution in [3.63, 3.8) is 0 Å². The first-order valence-corrected chi connectivity index (χ1v) is 6.54. The van der Waals surface area contributed by atoms with Crippen molar-refractivity contribution in [2.45, 2.75) is 0 Å². The van der Waals surface area contributed by atoms with Gasteiger partial charge in [-0.15, -0.1) is 0 Å². The van der Waals surface area contributed by atoms with E-state index in [1.807, 2.05) is 0 Å². The van der Waals surface area contributed by atoms with Gasteiger partial charge in [0.15, 0.2) is 0 Å². The molecule has 0 amide bonds. The third-order valence-electron chi connectivity index (χ3n) is 2.37. The predicted octanol–water partition coefficient (Wildman–Crippen LogP) is 5.40. The number of hydrogen-bond donors (Lipinski definition) is 1. The first kappa shape index (κ1) is 13.8. The number of hydrogen-bond acceptors (Lipinski definition) is 2. The van der Waals surface area contributed by atoms with E-state index in [0.29, 0.717) is 37.2 Å². The van der Waals surface area contributed by atoms with Crippen LogP contribution in [0, 0.1) is 0 Å². The molecule has 1 heterocycles. The van der Waals surface area contributed by atoms with Crippen LogP contribution in [0.15, 0.2) is 24.3 Å². The minimum Gasteiger partial charge on any atom is -0.372 e. The first-order chi connectivity index (χ1) is 8.54. The highest BCUT2D eigenvalue weighted by Crippen LogP contribution is 2.38. The van der Waals surface area contributed by atoms with Crippen LogP contribution in [0.4, 0.5) is 5.82 Å². The summed E-state index contributed by atoms with van der Waals surface area (Å²) in [5.41, 5.74) is 1.21. The van der Waals surface area contributed by atoms with Crippen LogP contribution in [-0.2, 0) is 0 Å². The van der Waals surface area contributed by atoms with E-state index < -0.39 is 0 Å². The molecule has 0 fully saturated rings. The highest BCUT2D eigenvalue weighted by molar-refractivity contribution is 6.44. The molecule has 1 N–H and O–H groups in total. The summed E-state index contributed by atoms with van der Waals surface area (Å²) in [5.74, 6) is 0.534. The fraction of sp³-hybridized carbons (Fsp3) is 0.0833. The van der Waals surface area contributed by atoms with E-state index in [-0.39, 0.29) is 0 Å². The van der Waals surface area contributed by atoms with Crippen LogP contribution in [0.5, 0.6) is 0 Å². The average molecular weight is 322 g/mol. The smallest absolute Gasteiger partial charge is 0.145 e. The van der Waals surface area contributed by atoms with Crippen molar-refractivity contribution >= 4 is 52.2 Å². The topological polar surface area (TPSA) is 24.9 Å². The number of anilines is 1. The van der Waals surface area contributed by atoms with Crippen LogP contribution in [0.3, 0.4) is 0 Å². The lowest BCUT2D eigenvalue weighted by Crippen LogP contribution is -1.96. The molecule has 0 saturated carbocycles. The predicted molar refractivity (Wildman–Crippen MR) is 79.3 cm³/mol. The Labute approximate surface area is 125 Å². The Balaban J connectivity index is 2.67. The molecule has 2 rings (SSSR count). The fourth-order valence-corrected chi connectivity index (χ4v) is 2.46. The summed E-state index contributed by atoms with van der Waals surface area (Å²) in [6.07, 6.45) is 0. The summed E-state index contributed by atoms with van der Waals surface area (Å²) in [5, 5.41) is 4.62. The minimum absolute atomic E-state index is 0.415. The van der Waals surface area contributed by atoms with Crippen LogP contribution in [0.25, 0.3) is 11.3 Å². The fourth-order valence-electron chi connectivity index (χ4n) is 1.52. The molecule has 0 saturated heterocycles. The highest BCUT2D eigenvalue weighted by atomic mass is 35.5. The summed E-state index contributed by atoms with van der Waals surface area (Å²) in [6, 6.07) is 6.91. The normalized spacial score (nSPS) is 10.5. The molecule has 0 atom stereocenters. The molecule has 1 aromatic heterocycles. The van der Waals surface area contributed by atoms with Crippen molar-refractivity contribution in [3.8, 4) is 11.3 Å². The second kappa shape index (κ2) is 5.54. The molecule has 2 aromatic rings. The molecule has 0 aliphatic heterocycles. The van der Waals surface area contributed by atoms with Gasteiger partial charge >= 0.3 is 0 Å². The van der Waals surface area contributed by atoms with Crippen molar-refractivity contribution in [1.82, 2.24) is 4.98 Å². The van der Waals surface area contributed by atoms with Gasteiger partial charge in [-0.25, -0.2) is 4.98 Å². The molecule has 94 valence electrons. The van der Waals surface area contributed by atoms with Crippen molar-refractivity contribution in [2.24, 2.45) is 0 Å². The molecule has 0 aliphatic carbocycles. The zero-order chi connectivity index (χ0) is 13.3. The standard InChI is InChI=1S/C12H8Cl4N2/c1-17-12-9(15)5-8(14)11(18-12)6-3-2-4-7(13)10(6)16/h2-5H,1H3,(H,17,18). The van der Waals surface area contributed by atoms with Gasteiger partial charge in [0, 0.05) is 12.6 Å². The maximum Gasteiger partial charge on any atom is 0.145 e. The lowest BCUT2D eigenvalue weighted by Gasteiger charge is -2.10. The van der Waals surface area contributed by atoms with Crippen molar-refractivity contribution in [2.75, 3.05) is 12.4 Å². The second-order valence-corrected chi connectivity index (χ2v) is 5.10. The molecule has 0 aliphatic rings. The summed E-state index contributed by atoms with van der Waals surface area (Å²) < 4.78 is 0. The van der Waals surface area contributed by atoms with Gasteiger partial charge in [0.25, 0.3) is 0 Å². The second-order valence-electron chi connectivity index (χ2n) is 3.50. The molecule has 6 heteroatoms. The van der Waals surface area contributed by atoms with Crippen LogP contribution in [0.2, 0.25) is 20.1 Å². The summed E-state index contributed by atoms with van der Waals surface area (Å²) >= 11 is 24.3. The largest absolute Gasteiger partial charge is 0.372 e. The van der Waals surface area contributed by atoms with Gasteiger partial charge in [0.05, 0.1) is 25.8 Å². The van der Waals surface area contributed by atoms with E-state index in [2.05, 4.69) is 10.3 Å². The van der Waals surface area contributed by atoms with Gasteiger partial charge in [-0.2, -0.15) is 0 Å². The Bertz CT molecular complexity index is 599. The Morgan fingerprint density at radius 2 is 1.72 bits per heavy atom. The Morgan fingerprint density at radius 3 is 2.39 bits per heavy atom. The van der Waals surface area contributed by atoms with Crippen LogP contribution in [0.1, 0.15) is 0 Å². The minimum atomic E-state index is 0.415. The van der Waals surface area contributed by atoms with E-state index in [1.54, 1.807) is 31.3 Å². The van der Waals surface area contributed by atoms with E-state index in [9.17, 15) is 0 Å². The third-order valence-corrected chi connectivity index (χ3v) is 3.77. The van der Waals surface area contributed by atoms with Crippen LogP contribution in [-0.4, -0.2) is 12.0 Å². The maximum absolute atomic E-state index is 6.15. The van der Waals surface area contributed by atoms with Gasteiger partial charge in [0.1, 0.15) is 5.82 Å². The summed E-state index contributed by atoms with van der Waals surface area (Å²) in [6.45, 7) is 0. The lowest BCUT2D eigenvalue weighted by molar-refractivity contribution is 1.29. The van der Waals surface area contributed by atoms with E-state index in [1.165, 1.54) is 0 Å². The number of nitrogens with one attached hydrogen (secondary N) is 1. The highest BCUT2D eigenvalue weighted by Gasteiger charge is 2.14. The zero-order valence-electron chi connectivity index (χ0n) is 9.27. The summed E-state index contributed by atoms with van der Waals surface area (Å²) in [7, 11) is 1.73. The molecule has 2 nitrogen and oxygen atoms in total. The van der Waals surface area contributed by atoms with Crippen molar-refractivity contribution in [1.29, 1.82) is 0 Å². The number of halogens is 4. The van der Waals surface area contributed by atoms with Crippen LogP contribution >= 0.6 is 46.4 Å². The van der Waals surface area contributed by atoms with Crippen LogP contribution < -0.4 is 5.32 Å². The third kappa shape index (κ3) is 2.52. The SMILES string of the molecule is CNc1nc(-c2cccc(Cl)c2Cl)c(Cl)cc1Cl. The molecule has 0 spiro atoms. The average Bonchev–Trinajstić information content (AvgIpc) is 2.34. The molecular weight excluding hydrogens is 314 g/mol. The number of pyridine rings is 1. The van der Waals surface area contributed by atoms with Crippen molar-refractivity contribution < 1.29 is 0 Å². The van der Waals surface area contributed by atoms with Gasteiger partial charge in [-0.05, 0) is 12.1 Å². The van der Waals surface area contributed by atoms with E-state index >= 15 is 0 Å². The molecular formula is C12H8Cl4N2. The first-order valence-electron chi connectivity index (χ1n) is 5.02. The van der Waals surface area contributed by atoms with Crippen molar-refractivity contribution in [3.05, 3.63) is 44.4 Å². The van der Waals surface area contributed by atoms with E-state index in [4.69, 9.17) is 46.4 Å². The van der Waals surface area contributed by atoms with Gasteiger partial charge in [-0.3, -0.25) is 0 Å². The molecule has 0 unspecified atom stereocenters. The summed E-state index contributed by atoms with van der Waals surface area (Å²) in [4.78, 5) is 4.34. The monoisotopic (exact) mass is 320 g/mol. The Morgan fingerprint density at radius 1 is 1.00 bits per heavy atom. The number of nitrogens with zero attached hydrogens (tertiary/aromatic N) is 1. The quantitative estimate of drug-likeness (QED) is 0.800. The number of benzene rings is 1. The zero-order valence-corrected chi connectivity index (χ0v) is 12.3. The molecule has 18 heavy (non-hydrogen) atoms. The molecule has 0 radical (unpaired) electrons. The Kier molecular flexibility index (Phi) is 4.23. The number of rotatable bonds is 2. The van der Waals surface area contributed by atoms with Gasteiger partial charge in [0.2, 0.25) is 0 Å².